The number of aromatic nitrogens is 1. The first-order valence-electron chi connectivity index (χ1n) is 7.79. The van der Waals surface area contributed by atoms with Crippen molar-refractivity contribution in [1.29, 1.82) is 0 Å². The quantitative estimate of drug-likeness (QED) is 0.631. The van der Waals surface area contributed by atoms with E-state index >= 15 is 0 Å². The normalized spacial score (nSPS) is 11.8. The molecule has 1 aromatic carbocycles. The monoisotopic (exact) mass is 378 g/mol. The van der Waals surface area contributed by atoms with Gasteiger partial charge in [0.05, 0.1) is 6.42 Å². The average molecular weight is 378 g/mol. The van der Waals surface area contributed by atoms with Crippen LogP contribution in [0.5, 0.6) is 0 Å². The van der Waals surface area contributed by atoms with Gasteiger partial charge in [-0.25, -0.2) is 13.1 Å². The van der Waals surface area contributed by atoms with E-state index in [1.54, 1.807) is 17.5 Å². The van der Waals surface area contributed by atoms with Crippen molar-refractivity contribution in [3.63, 3.8) is 0 Å². The second kappa shape index (κ2) is 7.38. The van der Waals surface area contributed by atoms with Gasteiger partial charge in [-0.2, -0.15) is 0 Å². The Balaban J connectivity index is 1.74. The van der Waals surface area contributed by atoms with E-state index in [0.717, 1.165) is 16.5 Å². The fraction of sp³-hybridized carbons (Fsp3) is 0.235. The van der Waals surface area contributed by atoms with Crippen molar-refractivity contribution in [2.75, 3.05) is 6.54 Å². The van der Waals surface area contributed by atoms with Gasteiger partial charge in [0.2, 0.25) is 10.0 Å². The number of hydrogen-bond donors (Lipinski definition) is 2. The molecule has 0 radical (unpaired) electrons. The van der Waals surface area contributed by atoms with Crippen molar-refractivity contribution in [3.8, 4) is 0 Å². The smallest absolute Gasteiger partial charge is 0.305 e. The van der Waals surface area contributed by atoms with Crippen molar-refractivity contribution in [3.05, 3.63) is 53.5 Å². The molecule has 2 N–H and O–H groups in total. The van der Waals surface area contributed by atoms with Gasteiger partial charge in [-0.15, -0.1) is 11.3 Å². The molecule has 0 amide bonds. The van der Waals surface area contributed by atoms with Crippen LogP contribution in [0, 0.1) is 0 Å². The number of sulfonamides is 1. The predicted molar refractivity (Wildman–Crippen MR) is 97.4 cm³/mol. The van der Waals surface area contributed by atoms with E-state index in [1.165, 1.54) is 11.3 Å². The summed E-state index contributed by atoms with van der Waals surface area (Å²) in [6, 6.07) is 11.0. The van der Waals surface area contributed by atoms with Crippen LogP contribution in [-0.4, -0.2) is 30.6 Å². The van der Waals surface area contributed by atoms with Gasteiger partial charge in [-0.3, -0.25) is 4.79 Å². The minimum atomic E-state index is -3.47. The van der Waals surface area contributed by atoms with Gasteiger partial charge >= 0.3 is 5.97 Å². The standard InChI is InChI=1S/C17H18N2O4S2/c20-16(21)8-10-19-12-13(14-4-1-2-5-15(14)19)7-9-18-25(22,23)17-6-3-11-24-17/h1-6,11-12,18H,7-10H2,(H,20,21). The number of thiophene rings is 1. The van der Waals surface area contributed by atoms with E-state index in [1.807, 2.05) is 35.0 Å². The fourth-order valence-corrected chi connectivity index (χ4v) is 4.80. The number of nitrogens with zero attached hydrogens (tertiary/aromatic N) is 1. The summed E-state index contributed by atoms with van der Waals surface area (Å²) < 4.78 is 29.1. The van der Waals surface area contributed by atoms with Crippen LogP contribution in [-0.2, 0) is 27.8 Å². The van der Waals surface area contributed by atoms with Gasteiger partial charge in [-0.05, 0) is 29.5 Å². The molecular formula is C17H18N2O4S2. The average Bonchev–Trinajstić information content (AvgIpc) is 3.22. The third-order valence-corrected chi connectivity index (χ3v) is 6.74. The molecule has 0 saturated carbocycles. The molecule has 0 fully saturated rings. The Morgan fingerprint density at radius 2 is 2.00 bits per heavy atom. The van der Waals surface area contributed by atoms with Crippen LogP contribution in [0.15, 0.2) is 52.2 Å². The van der Waals surface area contributed by atoms with Crippen LogP contribution < -0.4 is 4.72 Å². The number of carboxylic acids is 1. The van der Waals surface area contributed by atoms with Gasteiger partial charge in [0.15, 0.2) is 0 Å². The molecule has 0 saturated heterocycles. The SMILES string of the molecule is O=C(O)CCn1cc(CCNS(=O)(=O)c2cccs2)c2ccccc21. The zero-order chi connectivity index (χ0) is 17.9. The molecule has 3 rings (SSSR count). The maximum atomic E-state index is 12.2. The first-order valence-corrected chi connectivity index (χ1v) is 10.2. The van der Waals surface area contributed by atoms with Crippen molar-refractivity contribution >= 4 is 38.2 Å². The number of carbonyl (C=O) groups is 1. The summed E-state index contributed by atoms with van der Waals surface area (Å²) in [7, 11) is -3.47. The van der Waals surface area contributed by atoms with Crippen molar-refractivity contribution in [2.45, 2.75) is 23.6 Å². The van der Waals surface area contributed by atoms with E-state index in [0.29, 0.717) is 17.2 Å². The zero-order valence-electron chi connectivity index (χ0n) is 13.4. The number of para-hydroxylation sites is 1. The third kappa shape index (κ3) is 4.09. The molecule has 2 heterocycles. The van der Waals surface area contributed by atoms with Crippen LogP contribution in [0.4, 0.5) is 0 Å². The van der Waals surface area contributed by atoms with Crippen LogP contribution >= 0.6 is 11.3 Å². The maximum Gasteiger partial charge on any atom is 0.305 e. The van der Waals surface area contributed by atoms with Crippen LogP contribution in [0.2, 0.25) is 0 Å². The zero-order valence-corrected chi connectivity index (χ0v) is 15.0. The highest BCUT2D eigenvalue weighted by atomic mass is 32.2. The summed E-state index contributed by atoms with van der Waals surface area (Å²) in [4.78, 5) is 10.8. The molecule has 25 heavy (non-hydrogen) atoms. The predicted octanol–water partition coefficient (Wildman–Crippen LogP) is 2.70. The van der Waals surface area contributed by atoms with E-state index in [-0.39, 0.29) is 13.0 Å². The highest BCUT2D eigenvalue weighted by Gasteiger charge is 2.15. The molecule has 0 aliphatic rings. The highest BCUT2D eigenvalue weighted by molar-refractivity contribution is 7.91. The molecule has 0 atom stereocenters. The summed E-state index contributed by atoms with van der Waals surface area (Å²) >= 11 is 1.18. The lowest BCUT2D eigenvalue weighted by Crippen LogP contribution is -2.25. The summed E-state index contributed by atoms with van der Waals surface area (Å²) in [5, 5.41) is 11.6. The van der Waals surface area contributed by atoms with Crippen LogP contribution in [0.25, 0.3) is 10.9 Å². The number of aliphatic carboxylic acids is 1. The molecule has 2 aromatic heterocycles. The first kappa shape index (κ1) is 17.7. The highest BCUT2D eigenvalue weighted by Crippen LogP contribution is 2.22. The summed E-state index contributed by atoms with van der Waals surface area (Å²) in [6.45, 7) is 0.671. The number of hydrogen-bond acceptors (Lipinski definition) is 4. The number of fused-ring (bicyclic) bond motifs is 1. The Labute approximate surface area is 149 Å². The molecule has 0 aliphatic carbocycles. The second-order valence-corrected chi connectivity index (χ2v) is 8.53. The van der Waals surface area contributed by atoms with Crippen LogP contribution in [0.1, 0.15) is 12.0 Å². The molecule has 0 aliphatic heterocycles. The number of aryl methyl sites for hydroxylation is 1. The third-order valence-electron chi connectivity index (χ3n) is 3.88. The van der Waals surface area contributed by atoms with Gasteiger partial charge in [0.25, 0.3) is 0 Å². The Morgan fingerprint density at radius 3 is 2.72 bits per heavy atom. The molecule has 0 bridgehead atoms. The molecule has 132 valence electrons. The summed E-state index contributed by atoms with van der Waals surface area (Å²) in [6.07, 6.45) is 2.49. The lowest BCUT2D eigenvalue weighted by atomic mass is 10.1. The minimum Gasteiger partial charge on any atom is -0.481 e. The van der Waals surface area contributed by atoms with E-state index in [2.05, 4.69) is 4.72 Å². The molecule has 3 aromatic rings. The lowest BCUT2D eigenvalue weighted by Gasteiger charge is -2.04. The molecule has 8 heteroatoms. The number of rotatable bonds is 8. The maximum absolute atomic E-state index is 12.2. The van der Waals surface area contributed by atoms with E-state index in [4.69, 9.17) is 5.11 Å². The minimum absolute atomic E-state index is 0.0448. The topological polar surface area (TPSA) is 88.4 Å². The molecule has 0 spiro atoms. The molecule has 6 nitrogen and oxygen atoms in total. The van der Waals surface area contributed by atoms with Gasteiger partial charge in [-0.1, -0.05) is 24.3 Å². The van der Waals surface area contributed by atoms with E-state index in [9.17, 15) is 13.2 Å². The van der Waals surface area contributed by atoms with Crippen molar-refractivity contribution in [1.82, 2.24) is 9.29 Å². The number of nitrogens with one attached hydrogen (secondary N) is 1. The Bertz CT molecular complexity index is 975. The summed E-state index contributed by atoms with van der Waals surface area (Å²) in [5.41, 5.74) is 1.95. The largest absolute Gasteiger partial charge is 0.481 e. The number of carboxylic acid groups (broad SMARTS) is 1. The lowest BCUT2D eigenvalue weighted by molar-refractivity contribution is -0.137. The molecule has 0 unspecified atom stereocenters. The molecular weight excluding hydrogens is 360 g/mol. The summed E-state index contributed by atoms with van der Waals surface area (Å²) in [5.74, 6) is -0.844. The van der Waals surface area contributed by atoms with Gasteiger partial charge < -0.3 is 9.67 Å². The first-order chi connectivity index (χ1) is 12.0. The van der Waals surface area contributed by atoms with Crippen molar-refractivity contribution in [2.24, 2.45) is 0 Å². The van der Waals surface area contributed by atoms with Gasteiger partial charge in [0, 0.05) is 30.2 Å². The van der Waals surface area contributed by atoms with Crippen molar-refractivity contribution < 1.29 is 18.3 Å². The fourth-order valence-electron chi connectivity index (χ4n) is 2.73. The Kier molecular flexibility index (Phi) is 5.22. The number of benzene rings is 1. The second-order valence-electron chi connectivity index (χ2n) is 5.59. The van der Waals surface area contributed by atoms with Crippen LogP contribution in [0.3, 0.4) is 0 Å². The van der Waals surface area contributed by atoms with E-state index < -0.39 is 16.0 Å². The van der Waals surface area contributed by atoms with Gasteiger partial charge in [0.1, 0.15) is 4.21 Å². The Morgan fingerprint density at radius 1 is 1.20 bits per heavy atom. The Hall–Kier alpha value is -2.16.